The molecule has 0 bridgehead atoms. The van der Waals surface area contributed by atoms with Gasteiger partial charge in [0, 0.05) is 18.3 Å². The molecular formula is C12H16BrN5. The summed E-state index contributed by atoms with van der Waals surface area (Å²) < 4.78 is 2.74. The van der Waals surface area contributed by atoms with E-state index in [0.29, 0.717) is 18.0 Å². The Morgan fingerprint density at radius 1 is 1.56 bits per heavy atom. The van der Waals surface area contributed by atoms with Crippen LogP contribution in [0.2, 0.25) is 0 Å². The number of fused-ring (bicyclic) bond motifs is 1. The Hall–Kier alpha value is -1.14. The second kappa shape index (κ2) is 4.85. The van der Waals surface area contributed by atoms with Crippen LogP contribution in [0, 0.1) is 0 Å². The van der Waals surface area contributed by atoms with Crippen LogP contribution in [-0.2, 0) is 0 Å². The smallest absolute Gasteiger partial charge is 0.243 e. The molecular weight excluding hydrogens is 294 g/mol. The van der Waals surface area contributed by atoms with Crippen molar-refractivity contribution in [2.24, 2.45) is 0 Å². The summed E-state index contributed by atoms with van der Waals surface area (Å²) in [5.74, 6) is 0.697. The first-order chi connectivity index (χ1) is 8.74. The molecule has 3 heterocycles. The zero-order valence-corrected chi connectivity index (χ0v) is 11.8. The number of nitrogens with one attached hydrogen (secondary N) is 2. The predicted octanol–water partition coefficient (Wildman–Crippen LogP) is 2.04. The summed E-state index contributed by atoms with van der Waals surface area (Å²) in [6, 6.07) is 4.77. The normalized spacial score (nSPS) is 24.3. The molecule has 0 aromatic carbocycles. The van der Waals surface area contributed by atoms with Crippen molar-refractivity contribution >= 4 is 27.5 Å². The van der Waals surface area contributed by atoms with E-state index in [9.17, 15) is 0 Å². The van der Waals surface area contributed by atoms with E-state index in [4.69, 9.17) is 0 Å². The number of anilines is 1. The largest absolute Gasteiger partial charge is 0.349 e. The molecule has 3 rings (SSSR count). The second-order valence-corrected chi connectivity index (χ2v) is 5.55. The first-order valence-corrected chi connectivity index (χ1v) is 7.04. The van der Waals surface area contributed by atoms with E-state index in [1.165, 1.54) is 6.42 Å². The van der Waals surface area contributed by atoms with Crippen LogP contribution in [0.4, 0.5) is 5.95 Å². The predicted molar refractivity (Wildman–Crippen MR) is 74.8 cm³/mol. The molecule has 2 N–H and O–H groups in total. The Kier molecular flexibility index (Phi) is 3.22. The minimum absolute atomic E-state index is 0.398. The Morgan fingerprint density at radius 3 is 3.22 bits per heavy atom. The first-order valence-electron chi connectivity index (χ1n) is 6.25. The van der Waals surface area contributed by atoms with Gasteiger partial charge in [0.15, 0.2) is 5.65 Å². The van der Waals surface area contributed by atoms with Crippen LogP contribution in [0.25, 0.3) is 5.65 Å². The fourth-order valence-corrected chi connectivity index (χ4v) is 2.76. The van der Waals surface area contributed by atoms with Crippen molar-refractivity contribution in [3.63, 3.8) is 0 Å². The molecule has 0 radical (unpaired) electrons. The van der Waals surface area contributed by atoms with E-state index < -0.39 is 0 Å². The number of hydrogen-bond donors (Lipinski definition) is 2. The minimum atomic E-state index is 0.398. The van der Waals surface area contributed by atoms with Crippen LogP contribution in [0.1, 0.15) is 19.8 Å². The minimum Gasteiger partial charge on any atom is -0.349 e. The average Bonchev–Trinajstić information content (AvgIpc) is 2.76. The Bertz CT molecular complexity index is 552. The van der Waals surface area contributed by atoms with Crippen molar-refractivity contribution in [2.75, 3.05) is 11.9 Å². The van der Waals surface area contributed by atoms with Gasteiger partial charge >= 0.3 is 0 Å². The molecule has 1 fully saturated rings. The Labute approximate surface area is 114 Å². The maximum atomic E-state index is 4.51. The van der Waals surface area contributed by atoms with Gasteiger partial charge < -0.3 is 10.6 Å². The molecule has 2 unspecified atom stereocenters. The summed E-state index contributed by atoms with van der Waals surface area (Å²) >= 11 is 3.48. The highest BCUT2D eigenvalue weighted by Crippen LogP contribution is 2.18. The lowest BCUT2D eigenvalue weighted by atomic mass is 10.0. The van der Waals surface area contributed by atoms with Gasteiger partial charge in [0.25, 0.3) is 0 Å². The summed E-state index contributed by atoms with van der Waals surface area (Å²) in [5, 5.41) is 11.3. The molecule has 2 aromatic heterocycles. The third kappa shape index (κ3) is 2.22. The molecule has 1 saturated heterocycles. The van der Waals surface area contributed by atoms with Gasteiger partial charge in [0.1, 0.15) is 0 Å². The van der Waals surface area contributed by atoms with E-state index >= 15 is 0 Å². The van der Waals surface area contributed by atoms with Gasteiger partial charge in [-0.2, -0.15) is 4.98 Å². The van der Waals surface area contributed by atoms with Gasteiger partial charge in [-0.05, 0) is 54.4 Å². The lowest BCUT2D eigenvalue weighted by Gasteiger charge is -2.30. The van der Waals surface area contributed by atoms with Gasteiger partial charge in [-0.1, -0.05) is 0 Å². The number of pyridine rings is 1. The van der Waals surface area contributed by atoms with Gasteiger partial charge in [-0.15, -0.1) is 5.10 Å². The van der Waals surface area contributed by atoms with E-state index in [2.05, 4.69) is 43.6 Å². The zero-order valence-electron chi connectivity index (χ0n) is 10.2. The standard InChI is InChI=1S/C12H16BrN5/c1-8-10(5-2-6-14-8)15-12-16-11-9(13)4-3-7-18(11)17-12/h3-4,7-8,10,14H,2,5-6H2,1H3,(H,15,17). The lowest BCUT2D eigenvalue weighted by molar-refractivity contribution is 0.388. The van der Waals surface area contributed by atoms with Crippen LogP contribution >= 0.6 is 15.9 Å². The number of halogens is 1. The molecule has 0 saturated carbocycles. The lowest BCUT2D eigenvalue weighted by Crippen LogP contribution is -2.46. The molecule has 1 aliphatic heterocycles. The third-order valence-electron chi connectivity index (χ3n) is 3.39. The van der Waals surface area contributed by atoms with E-state index in [0.717, 1.165) is 23.1 Å². The monoisotopic (exact) mass is 309 g/mol. The van der Waals surface area contributed by atoms with E-state index in [1.54, 1.807) is 4.52 Å². The molecule has 2 atom stereocenters. The molecule has 96 valence electrons. The Balaban J connectivity index is 1.84. The quantitative estimate of drug-likeness (QED) is 0.891. The molecule has 0 amide bonds. The molecule has 2 aromatic rings. The van der Waals surface area contributed by atoms with Gasteiger partial charge in [0.05, 0.1) is 4.47 Å². The van der Waals surface area contributed by atoms with Crippen LogP contribution in [0.5, 0.6) is 0 Å². The molecule has 5 nitrogen and oxygen atoms in total. The number of aromatic nitrogens is 3. The summed E-state index contributed by atoms with van der Waals surface area (Å²) in [5.41, 5.74) is 0.844. The van der Waals surface area contributed by atoms with Crippen molar-refractivity contribution in [1.29, 1.82) is 0 Å². The highest BCUT2D eigenvalue weighted by atomic mass is 79.9. The first kappa shape index (κ1) is 11.9. The van der Waals surface area contributed by atoms with Crippen LogP contribution in [-0.4, -0.2) is 33.2 Å². The summed E-state index contributed by atoms with van der Waals surface area (Å²) in [6.45, 7) is 3.30. The van der Waals surface area contributed by atoms with E-state index in [1.807, 2.05) is 18.3 Å². The SMILES string of the molecule is CC1NCCCC1Nc1nc2c(Br)cccn2n1. The van der Waals surface area contributed by atoms with Crippen molar-refractivity contribution in [1.82, 2.24) is 19.9 Å². The number of nitrogens with zero attached hydrogens (tertiary/aromatic N) is 3. The fourth-order valence-electron chi connectivity index (χ4n) is 2.34. The Morgan fingerprint density at radius 2 is 2.44 bits per heavy atom. The van der Waals surface area contributed by atoms with Crippen molar-refractivity contribution < 1.29 is 0 Å². The molecule has 0 spiro atoms. The number of piperidine rings is 1. The average molecular weight is 310 g/mol. The van der Waals surface area contributed by atoms with Crippen LogP contribution < -0.4 is 10.6 Å². The highest BCUT2D eigenvalue weighted by molar-refractivity contribution is 9.10. The maximum Gasteiger partial charge on any atom is 0.243 e. The molecule has 6 heteroatoms. The van der Waals surface area contributed by atoms with Crippen molar-refractivity contribution in [3.05, 3.63) is 22.8 Å². The van der Waals surface area contributed by atoms with Crippen molar-refractivity contribution in [3.8, 4) is 0 Å². The van der Waals surface area contributed by atoms with Crippen molar-refractivity contribution in [2.45, 2.75) is 31.8 Å². The van der Waals surface area contributed by atoms with Gasteiger partial charge in [0.2, 0.25) is 5.95 Å². The summed E-state index contributed by atoms with van der Waals surface area (Å²) in [6.07, 6.45) is 4.25. The second-order valence-electron chi connectivity index (χ2n) is 4.70. The summed E-state index contributed by atoms with van der Waals surface area (Å²) in [4.78, 5) is 4.51. The van der Waals surface area contributed by atoms with Crippen LogP contribution in [0.15, 0.2) is 22.8 Å². The summed E-state index contributed by atoms with van der Waals surface area (Å²) in [7, 11) is 0. The maximum absolute atomic E-state index is 4.51. The highest BCUT2D eigenvalue weighted by Gasteiger charge is 2.21. The topological polar surface area (TPSA) is 54.2 Å². The number of rotatable bonds is 2. The number of hydrogen-bond acceptors (Lipinski definition) is 4. The third-order valence-corrected chi connectivity index (χ3v) is 4.01. The fraction of sp³-hybridized carbons (Fsp3) is 0.500. The molecule has 1 aliphatic rings. The van der Waals surface area contributed by atoms with Gasteiger partial charge in [-0.25, -0.2) is 4.52 Å². The molecule has 18 heavy (non-hydrogen) atoms. The van der Waals surface area contributed by atoms with Gasteiger partial charge in [-0.3, -0.25) is 0 Å². The molecule has 0 aliphatic carbocycles. The van der Waals surface area contributed by atoms with Crippen LogP contribution in [0.3, 0.4) is 0 Å². The van der Waals surface area contributed by atoms with E-state index in [-0.39, 0.29) is 0 Å². The zero-order chi connectivity index (χ0) is 12.5.